The normalized spacial score (nSPS) is 23.0. The maximum absolute atomic E-state index is 4.66. The van der Waals surface area contributed by atoms with E-state index in [2.05, 4.69) is 26.8 Å². The molecule has 0 saturated carbocycles. The number of amidine groups is 1. The second kappa shape index (κ2) is 8.02. The molecule has 0 N–H and O–H groups in total. The maximum atomic E-state index is 4.66. The Kier molecular flexibility index (Phi) is 5.78. The molecule has 0 radical (unpaired) electrons. The lowest BCUT2D eigenvalue weighted by Gasteiger charge is -2.35. The molecule has 5 nitrogen and oxygen atoms in total. The van der Waals surface area contributed by atoms with Crippen LogP contribution in [0.3, 0.4) is 0 Å². The first-order valence-corrected chi connectivity index (χ1v) is 9.35. The van der Waals surface area contributed by atoms with E-state index in [4.69, 9.17) is 0 Å². The Hall–Kier alpha value is -1.01. The SMILES string of the molecule is C[C@H]1CN=C(N2CCN(CCCCCn3cccn3)CC2)S1. The fourth-order valence-corrected chi connectivity index (χ4v) is 4.01. The fourth-order valence-electron chi connectivity index (χ4n) is 3.02. The summed E-state index contributed by atoms with van der Waals surface area (Å²) < 4.78 is 2.03. The van der Waals surface area contributed by atoms with Gasteiger partial charge in [0.05, 0.1) is 6.54 Å². The van der Waals surface area contributed by atoms with E-state index in [1.165, 1.54) is 44.1 Å². The van der Waals surface area contributed by atoms with Gasteiger partial charge >= 0.3 is 0 Å². The van der Waals surface area contributed by atoms with Gasteiger partial charge in [-0.05, 0) is 25.5 Å². The topological polar surface area (TPSA) is 36.7 Å². The van der Waals surface area contributed by atoms with Crippen molar-refractivity contribution in [2.45, 2.75) is 38.0 Å². The van der Waals surface area contributed by atoms with Crippen molar-refractivity contribution in [3.05, 3.63) is 18.5 Å². The molecule has 3 rings (SSSR count). The van der Waals surface area contributed by atoms with Crippen molar-refractivity contribution < 1.29 is 0 Å². The van der Waals surface area contributed by atoms with Gasteiger partial charge in [0.2, 0.25) is 0 Å². The number of aromatic nitrogens is 2. The molecule has 1 aromatic rings. The first-order chi connectivity index (χ1) is 10.8. The Morgan fingerprint density at radius 2 is 1.95 bits per heavy atom. The van der Waals surface area contributed by atoms with Gasteiger partial charge in [-0.3, -0.25) is 14.6 Å². The fraction of sp³-hybridized carbons (Fsp3) is 0.750. The molecule has 0 aromatic carbocycles. The number of unbranched alkanes of at least 4 members (excludes halogenated alkanes) is 2. The third kappa shape index (κ3) is 4.49. The number of aliphatic imine (C=N–C) groups is 1. The largest absolute Gasteiger partial charge is 0.349 e. The summed E-state index contributed by atoms with van der Waals surface area (Å²) in [6, 6.07) is 1.99. The lowest BCUT2D eigenvalue weighted by molar-refractivity contribution is 0.181. The first-order valence-electron chi connectivity index (χ1n) is 8.47. The summed E-state index contributed by atoms with van der Waals surface area (Å²) in [5, 5.41) is 6.20. The van der Waals surface area contributed by atoms with E-state index in [1.807, 2.05) is 34.9 Å². The Labute approximate surface area is 137 Å². The molecule has 0 spiro atoms. The molecule has 3 heterocycles. The van der Waals surface area contributed by atoms with E-state index < -0.39 is 0 Å². The number of thioether (sulfide) groups is 1. The van der Waals surface area contributed by atoms with Crippen molar-refractivity contribution in [2.75, 3.05) is 39.3 Å². The van der Waals surface area contributed by atoms with Crippen LogP contribution in [0.2, 0.25) is 0 Å². The molecule has 1 fully saturated rings. The Balaban J connectivity index is 1.26. The third-order valence-corrected chi connectivity index (χ3v) is 5.50. The van der Waals surface area contributed by atoms with E-state index in [-0.39, 0.29) is 0 Å². The highest BCUT2D eigenvalue weighted by Gasteiger charge is 2.24. The molecule has 1 saturated heterocycles. The number of piperazine rings is 1. The van der Waals surface area contributed by atoms with E-state index >= 15 is 0 Å². The molecule has 2 aliphatic rings. The summed E-state index contributed by atoms with van der Waals surface area (Å²) in [6.45, 7) is 10.2. The van der Waals surface area contributed by atoms with Crippen molar-refractivity contribution >= 4 is 16.9 Å². The molecule has 1 aromatic heterocycles. The van der Waals surface area contributed by atoms with Gasteiger partial charge < -0.3 is 4.90 Å². The minimum absolute atomic E-state index is 0.669. The van der Waals surface area contributed by atoms with E-state index in [1.54, 1.807) is 0 Å². The highest BCUT2D eigenvalue weighted by molar-refractivity contribution is 8.14. The van der Waals surface area contributed by atoms with Crippen molar-refractivity contribution in [1.29, 1.82) is 0 Å². The van der Waals surface area contributed by atoms with Crippen molar-refractivity contribution in [1.82, 2.24) is 19.6 Å². The predicted octanol–water partition coefficient (Wildman–Crippen LogP) is 2.16. The zero-order valence-corrected chi connectivity index (χ0v) is 14.3. The highest BCUT2D eigenvalue weighted by Crippen LogP contribution is 2.23. The number of nitrogens with zero attached hydrogens (tertiary/aromatic N) is 5. The number of aryl methyl sites for hydroxylation is 1. The average molecular weight is 321 g/mol. The molecule has 6 heteroatoms. The summed E-state index contributed by atoms with van der Waals surface area (Å²) in [7, 11) is 0. The molecular weight excluding hydrogens is 294 g/mol. The van der Waals surface area contributed by atoms with Crippen LogP contribution in [0, 0.1) is 0 Å². The maximum Gasteiger partial charge on any atom is 0.159 e. The molecule has 1 atom stereocenters. The van der Waals surface area contributed by atoms with Gasteiger partial charge in [-0.25, -0.2) is 0 Å². The Bertz CT molecular complexity index is 465. The van der Waals surface area contributed by atoms with Crippen molar-refractivity contribution in [3.8, 4) is 0 Å². The van der Waals surface area contributed by atoms with Crippen LogP contribution in [0.25, 0.3) is 0 Å². The van der Waals surface area contributed by atoms with Crippen LogP contribution < -0.4 is 0 Å². The van der Waals surface area contributed by atoms with Gasteiger partial charge in [0.15, 0.2) is 5.17 Å². The monoisotopic (exact) mass is 321 g/mol. The van der Waals surface area contributed by atoms with Gasteiger partial charge in [-0.15, -0.1) is 0 Å². The van der Waals surface area contributed by atoms with Gasteiger partial charge in [0.1, 0.15) is 0 Å². The molecule has 0 unspecified atom stereocenters. The van der Waals surface area contributed by atoms with Crippen LogP contribution in [-0.4, -0.2) is 69.3 Å². The first kappa shape index (κ1) is 15.9. The van der Waals surface area contributed by atoms with E-state index in [0.717, 1.165) is 26.2 Å². The summed E-state index contributed by atoms with van der Waals surface area (Å²) in [5.41, 5.74) is 0. The molecule has 0 bridgehead atoms. The summed E-state index contributed by atoms with van der Waals surface area (Å²) in [5.74, 6) is 0. The molecular formula is C16H27N5S. The smallest absolute Gasteiger partial charge is 0.159 e. The van der Waals surface area contributed by atoms with Crippen molar-refractivity contribution in [3.63, 3.8) is 0 Å². The highest BCUT2D eigenvalue weighted by atomic mass is 32.2. The van der Waals surface area contributed by atoms with Crippen molar-refractivity contribution in [2.24, 2.45) is 4.99 Å². The third-order valence-electron chi connectivity index (χ3n) is 4.35. The Morgan fingerprint density at radius 3 is 2.64 bits per heavy atom. The molecule has 2 aliphatic heterocycles. The average Bonchev–Trinajstić information content (AvgIpc) is 3.19. The lowest BCUT2D eigenvalue weighted by Crippen LogP contribution is -2.47. The van der Waals surface area contributed by atoms with Gasteiger partial charge in [0.25, 0.3) is 0 Å². The van der Waals surface area contributed by atoms with Crippen LogP contribution in [0.5, 0.6) is 0 Å². The molecule has 0 aliphatic carbocycles. The summed E-state index contributed by atoms with van der Waals surface area (Å²) >= 11 is 1.95. The number of hydrogen-bond acceptors (Lipinski definition) is 5. The predicted molar refractivity (Wildman–Crippen MR) is 93.4 cm³/mol. The quantitative estimate of drug-likeness (QED) is 0.753. The van der Waals surface area contributed by atoms with Crippen LogP contribution >= 0.6 is 11.8 Å². The van der Waals surface area contributed by atoms with Crippen LogP contribution in [-0.2, 0) is 6.54 Å². The second-order valence-electron chi connectivity index (χ2n) is 6.21. The zero-order valence-electron chi connectivity index (χ0n) is 13.5. The van der Waals surface area contributed by atoms with Gasteiger partial charge in [0, 0.05) is 50.4 Å². The van der Waals surface area contributed by atoms with E-state index in [0.29, 0.717) is 5.25 Å². The number of hydrogen-bond donors (Lipinski definition) is 0. The minimum Gasteiger partial charge on any atom is -0.349 e. The molecule has 122 valence electrons. The van der Waals surface area contributed by atoms with E-state index in [9.17, 15) is 0 Å². The van der Waals surface area contributed by atoms with Gasteiger partial charge in [-0.1, -0.05) is 25.1 Å². The standard InChI is InChI=1S/C16H27N5S/c1-15-14-17-16(22-15)20-12-10-19(11-13-20)7-3-2-4-8-21-9-5-6-18-21/h5-6,9,15H,2-4,7-8,10-14H2,1H3/t15-/m0/s1. The van der Waals surface area contributed by atoms with Crippen LogP contribution in [0.15, 0.2) is 23.5 Å². The summed E-state index contributed by atoms with van der Waals surface area (Å²) in [6.07, 6.45) is 7.72. The molecule has 22 heavy (non-hydrogen) atoms. The van der Waals surface area contributed by atoms with Crippen LogP contribution in [0.1, 0.15) is 26.2 Å². The lowest BCUT2D eigenvalue weighted by atomic mass is 10.2. The van der Waals surface area contributed by atoms with Gasteiger partial charge in [-0.2, -0.15) is 5.10 Å². The minimum atomic E-state index is 0.669. The Morgan fingerprint density at radius 1 is 1.14 bits per heavy atom. The zero-order chi connectivity index (χ0) is 15.2. The van der Waals surface area contributed by atoms with Crippen LogP contribution in [0.4, 0.5) is 0 Å². The molecule has 0 amide bonds. The second-order valence-corrected chi connectivity index (χ2v) is 7.62. The summed E-state index contributed by atoms with van der Waals surface area (Å²) in [4.78, 5) is 9.73. The number of rotatable bonds is 6.